The van der Waals surface area contributed by atoms with Crippen molar-refractivity contribution in [2.24, 2.45) is 0 Å². The molecule has 2 atom stereocenters. The first-order valence-corrected chi connectivity index (χ1v) is 11.9. The number of anilines is 1. The van der Waals surface area contributed by atoms with Crippen molar-refractivity contribution in [1.29, 1.82) is 0 Å². The fraction of sp³-hybridized carbons (Fsp3) is 0.500. The zero-order chi connectivity index (χ0) is 17.8. The molecule has 2 aliphatic heterocycles. The Labute approximate surface area is 154 Å². The lowest BCUT2D eigenvalue weighted by Crippen LogP contribution is -2.14. The van der Waals surface area contributed by atoms with Crippen LogP contribution in [0.25, 0.3) is 0 Å². The Kier molecular flexibility index (Phi) is 4.20. The lowest BCUT2D eigenvalue weighted by molar-refractivity contribution is -0.113. The maximum absolute atomic E-state index is 12.0. The van der Waals surface area contributed by atoms with Gasteiger partial charge in [-0.1, -0.05) is 0 Å². The molecule has 134 valence electrons. The van der Waals surface area contributed by atoms with Crippen LogP contribution in [0.15, 0.2) is 11.4 Å². The second kappa shape index (κ2) is 6.14. The summed E-state index contributed by atoms with van der Waals surface area (Å²) >= 11 is 3.24. The normalized spacial score (nSPS) is 25.4. The molecule has 25 heavy (non-hydrogen) atoms. The van der Waals surface area contributed by atoms with Gasteiger partial charge in [-0.3, -0.25) is 9.48 Å². The molecule has 0 radical (unpaired) electrons. The second-order valence-corrected chi connectivity index (χ2v) is 10.8. The largest absolute Gasteiger partial charge is 0.324 e. The van der Waals surface area contributed by atoms with Gasteiger partial charge < -0.3 is 5.32 Å². The first-order valence-electron chi connectivity index (χ1n) is 8.10. The molecule has 9 heteroatoms. The molecular weight excluding hydrogens is 378 g/mol. The van der Waals surface area contributed by atoms with E-state index < -0.39 is 9.84 Å². The minimum atomic E-state index is -2.96. The molecule has 2 aliphatic rings. The van der Waals surface area contributed by atoms with Gasteiger partial charge in [-0.2, -0.15) is 5.10 Å². The van der Waals surface area contributed by atoms with Crippen LogP contribution >= 0.6 is 23.1 Å². The van der Waals surface area contributed by atoms with Crippen LogP contribution in [-0.2, 0) is 14.6 Å². The second-order valence-electron chi connectivity index (χ2n) is 6.52. The van der Waals surface area contributed by atoms with E-state index in [1.54, 1.807) is 23.1 Å². The van der Waals surface area contributed by atoms with E-state index in [4.69, 9.17) is 0 Å². The summed E-state index contributed by atoms with van der Waals surface area (Å²) in [5.74, 6) is 0.804. The van der Waals surface area contributed by atoms with Crippen LogP contribution < -0.4 is 5.32 Å². The molecule has 0 aromatic carbocycles. The van der Waals surface area contributed by atoms with Crippen molar-refractivity contribution in [3.05, 3.63) is 33.3 Å². The SMILES string of the molecule is Cc1nn(C2CCS(=O)(=O)C2)c(C)c1C1SCC(=O)Nc2ccsc21. The molecule has 0 saturated carbocycles. The number of carbonyl (C=O) groups excluding carboxylic acids is 1. The van der Waals surface area contributed by atoms with Gasteiger partial charge in [0.15, 0.2) is 9.84 Å². The molecule has 6 nitrogen and oxygen atoms in total. The van der Waals surface area contributed by atoms with Gasteiger partial charge in [0.1, 0.15) is 0 Å². The number of aromatic nitrogens is 2. The third kappa shape index (κ3) is 3.02. The van der Waals surface area contributed by atoms with Crippen molar-refractivity contribution >= 4 is 44.5 Å². The Morgan fingerprint density at radius 3 is 2.88 bits per heavy atom. The van der Waals surface area contributed by atoms with Gasteiger partial charge >= 0.3 is 0 Å². The quantitative estimate of drug-likeness (QED) is 0.843. The van der Waals surface area contributed by atoms with Crippen LogP contribution in [0.2, 0.25) is 0 Å². The summed E-state index contributed by atoms with van der Waals surface area (Å²) in [6, 6.07) is 1.85. The van der Waals surface area contributed by atoms with Crippen LogP contribution in [-0.4, -0.2) is 41.4 Å². The van der Waals surface area contributed by atoms with Crippen molar-refractivity contribution in [3.8, 4) is 0 Å². The standard InChI is InChI=1S/C16H19N3O3S3/c1-9-14(10(2)19(18-9)11-4-6-25(21,22)8-11)16-15-12(3-5-23-15)17-13(20)7-24-16/h3,5,11,16H,4,6-8H2,1-2H3,(H,17,20). The minimum absolute atomic E-state index is 0.0109. The zero-order valence-electron chi connectivity index (χ0n) is 14.0. The van der Waals surface area contributed by atoms with E-state index in [2.05, 4.69) is 10.4 Å². The summed E-state index contributed by atoms with van der Waals surface area (Å²) in [5.41, 5.74) is 3.90. The Bertz CT molecular complexity index is 945. The van der Waals surface area contributed by atoms with Crippen molar-refractivity contribution in [2.45, 2.75) is 31.6 Å². The Balaban J connectivity index is 1.76. The van der Waals surface area contributed by atoms with Gasteiger partial charge in [-0.05, 0) is 31.7 Å². The molecule has 4 heterocycles. The summed E-state index contributed by atoms with van der Waals surface area (Å²) in [6.07, 6.45) is 0.617. The summed E-state index contributed by atoms with van der Waals surface area (Å²) in [6.45, 7) is 3.98. The van der Waals surface area contributed by atoms with Crippen LogP contribution in [0.1, 0.15) is 39.5 Å². The predicted octanol–water partition coefficient (Wildman–Crippen LogP) is 2.70. The molecule has 0 spiro atoms. The number of thioether (sulfide) groups is 1. The number of hydrogen-bond acceptors (Lipinski definition) is 6. The molecule has 0 bridgehead atoms. The first-order chi connectivity index (χ1) is 11.9. The molecule has 1 saturated heterocycles. The lowest BCUT2D eigenvalue weighted by atomic mass is 10.1. The third-order valence-electron chi connectivity index (χ3n) is 4.79. The number of thiophene rings is 1. The monoisotopic (exact) mass is 397 g/mol. The highest BCUT2D eigenvalue weighted by Crippen LogP contribution is 2.46. The van der Waals surface area contributed by atoms with E-state index in [1.807, 2.05) is 30.0 Å². The molecule has 1 amide bonds. The molecule has 4 rings (SSSR count). The van der Waals surface area contributed by atoms with Crippen LogP contribution in [0.4, 0.5) is 5.69 Å². The number of nitrogens with one attached hydrogen (secondary N) is 1. The van der Waals surface area contributed by atoms with Crippen LogP contribution in [0.5, 0.6) is 0 Å². The number of fused-ring (bicyclic) bond motifs is 1. The van der Waals surface area contributed by atoms with E-state index in [9.17, 15) is 13.2 Å². The average Bonchev–Trinajstić information content (AvgIpc) is 3.18. The highest BCUT2D eigenvalue weighted by Gasteiger charge is 2.34. The average molecular weight is 398 g/mol. The Hall–Kier alpha value is -1.32. The topological polar surface area (TPSA) is 81.1 Å². The van der Waals surface area contributed by atoms with Crippen LogP contribution in [0.3, 0.4) is 0 Å². The van der Waals surface area contributed by atoms with E-state index in [0.29, 0.717) is 12.2 Å². The third-order valence-corrected chi connectivity index (χ3v) is 8.90. The van der Waals surface area contributed by atoms with Gasteiger partial charge in [0, 0.05) is 16.1 Å². The van der Waals surface area contributed by atoms with E-state index in [0.717, 1.165) is 27.5 Å². The summed E-state index contributed by atoms with van der Waals surface area (Å²) in [4.78, 5) is 13.1. The predicted molar refractivity (Wildman–Crippen MR) is 101 cm³/mol. The maximum atomic E-state index is 12.0. The van der Waals surface area contributed by atoms with Gasteiger partial charge in [-0.15, -0.1) is 23.1 Å². The molecule has 2 aromatic heterocycles. The van der Waals surface area contributed by atoms with E-state index >= 15 is 0 Å². The van der Waals surface area contributed by atoms with Gasteiger partial charge in [0.05, 0.1) is 39.9 Å². The maximum Gasteiger partial charge on any atom is 0.234 e. The number of aryl methyl sites for hydroxylation is 1. The number of hydrogen-bond donors (Lipinski definition) is 1. The molecule has 2 aromatic rings. The number of rotatable bonds is 2. The summed E-state index contributed by atoms with van der Waals surface area (Å²) in [5, 5.41) is 9.67. The van der Waals surface area contributed by atoms with E-state index in [1.165, 1.54) is 0 Å². The van der Waals surface area contributed by atoms with Gasteiger partial charge in [0.2, 0.25) is 5.91 Å². The smallest absolute Gasteiger partial charge is 0.234 e. The molecule has 1 fully saturated rings. The first kappa shape index (κ1) is 17.1. The summed E-state index contributed by atoms with van der Waals surface area (Å²) in [7, 11) is -2.96. The zero-order valence-corrected chi connectivity index (χ0v) is 16.4. The fourth-order valence-corrected chi connectivity index (χ4v) is 7.72. The number of amides is 1. The number of carbonyl (C=O) groups is 1. The van der Waals surface area contributed by atoms with Gasteiger partial charge in [0.25, 0.3) is 0 Å². The highest BCUT2D eigenvalue weighted by molar-refractivity contribution is 8.00. The highest BCUT2D eigenvalue weighted by atomic mass is 32.2. The Morgan fingerprint density at radius 1 is 1.36 bits per heavy atom. The van der Waals surface area contributed by atoms with Gasteiger partial charge in [-0.25, -0.2) is 8.42 Å². The molecular formula is C16H19N3O3S3. The Morgan fingerprint density at radius 2 is 2.16 bits per heavy atom. The molecule has 0 aliphatic carbocycles. The summed E-state index contributed by atoms with van der Waals surface area (Å²) < 4.78 is 25.6. The number of nitrogens with zero attached hydrogens (tertiary/aromatic N) is 2. The fourth-order valence-electron chi connectivity index (χ4n) is 3.64. The lowest BCUT2D eigenvalue weighted by Gasteiger charge is -2.16. The van der Waals surface area contributed by atoms with Crippen molar-refractivity contribution < 1.29 is 13.2 Å². The van der Waals surface area contributed by atoms with Crippen molar-refractivity contribution in [2.75, 3.05) is 22.6 Å². The minimum Gasteiger partial charge on any atom is -0.324 e. The molecule has 2 unspecified atom stereocenters. The van der Waals surface area contributed by atoms with E-state index in [-0.39, 0.29) is 28.7 Å². The van der Waals surface area contributed by atoms with Crippen molar-refractivity contribution in [1.82, 2.24) is 9.78 Å². The molecule has 1 N–H and O–H groups in total. The van der Waals surface area contributed by atoms with Crippen LogP contribution in [0, 0.1) is 13.8 Å². The number of sulfone groups is 1. The van der Waals surface area contributed by atoms with Crippen molar-refractivity contribution in [3.63, 3.8) is 0 Å².